The van der Waals surface area contributed by atoms with Gasteiger partial charge >= 0.3 is 0 Å². The fourth-order valence-corrected chi connectivity index (χ4v) is 4.79. The van der Waals surface area contributed by atoms with E-state index in [9.17, 15) is 9.59 Å². The zero-order valence-corrected chi connectivity index (χ0v) is 15.9. The number of carbonyl (C=O) groups excluding carboxylic acids is 2. The number of carbonyl (C=O) groups is 2. The van der Waals surface area contributed by atoms with Crippen molar-refractivity contribution in [3.63, 3.8) is 0 Å². The second kappa shape index (κ2) is 9.37. The Balaban J connectivity index is 1.33. The predicted molar refractivity (Wildman–Crippen MR) is 102 cm³/mol. The highest BCUT2D eigenvalue weighted by atomic mass is 32.1. The van der Waals surface area contributed by atoms with Crippen molar-refractivity contribution in [2.24, 2.45) is 5.92 Å². The SMILES string of the molecule is O=C(Cc1cccs1)NC1CCN(C(=O)CCC2CCCCC2)CC1. The lowest BCUT2D eigenvalue weighted by molar-refractivity contribution is -0.132. The Hall–Kier alpha value is -1.36. The molecule has 3 rings (SSSR count). The van der Waals surface area contributed by atoms with Gasteiger partial charge in [-0.05, 0) is 36.6 Å². The number of likely N-dealkylation sites (tertiary alicyclic amines) is 1. The van der Waals surface area contributed by atoms with Crippen LogP contribution in [0.3, 0.4) is 0 Å². The van der Waals surface area contributed by atoms with Crippen LogP contribution in [-0.4, -0.2) is 35.8 Å². The van der Waals surface area contributed by atoms with Gasteiger partial charge in [0.25, 0.3) is 0 Å². The van der Waals surface area contributed by atoms with E-state index >= 15 is 0 Å². The summed E-state index contributed by atoms with van der Waals surface area (Å²) < 4.78 is 0. The van der Waals surface area contributed by atoms with E-state index in [0.717, 1.165) is 43.1 Å². The van der Waals surface area contributed by atoms with Gasteiger partial charge in [0, 0.05) is 30.4 Å². The largest absolute Gasteiger partial charge is 0.353 e. The highest BCUT2D eigenvalue weighted by Crippen LogP contribution is 2.27. The fourth-order valence-electron chi connectivity index (χ4n) is 4.08. The van der Waals surface area contributed by atoms with E-state index in [1.807, 2.05) is 22.4 Å². The number of hydrogen-bond donors (Lipinski definition) is 1. The first-order valence-corrected chi connectivity index (χ1v) is 10.7. The van der Waals surface area contributed by atoms with E-state index in [1.165, 1.54) is 32.1 Å². The van der Waals surface area contributed by atoms with Crippen molar-refractivity contribution in [1.82, 2.24) is 10.2 Å². The molecule has 0 aromatic carbocycles. The third-order valence-electron chi connectivity index (χ3n) is 5.62. The summed E-state index contributed by atoms with van der Waals surface area (Å²) in [6, 6.07) is 4.19. The minimum Gasteiger partial charge on any atom is -0.353 e. The monoisotopic (exact) mass is 362 g/mol. The highest BCUT2D eigenvalue weighted by Gasteiger charge is 2.24. The van der Waals surface area contributed by atoms with E-state index < -0.39 is 0 Å². The number of nitrogens with one attached hydrogen (secondary N) is 1. The number of amides is 2. The van der Waals surface area contributed by atoms with E-state index in [1.54, 1.807) is 11.3 Å². The van der Waals surface area contributed by atoms with Gasteiger partial charge in [0.2, 0.25) is 11.8 Å². The van der Waals surface area contributed by atoms with Gasteiger partial charge in [0.1, 0.15) is 0 Å². The molecule has 1 aromatic rings. The van der Waals surface area contributed by atoms with Gasteiger partial charge in [-0.1, -0.05) is 38.2 Å². The first-order chi connectivity index (χ1) is 12.2. The van der Waals surface area contributed by atoms with Crippen molar-refractivity contribution in [2.45, 2.75) is 70.3 Å². The van der Waals surface area contributed by atoms with Gasteiger partial charge in [0.15, 0.2) is 0 Å². The summed E-state index contributed by atoms with van der Waals surface area (Å²) in [5.41, 5.74) is 0. The van der Waals surface area contributed by atoms with E-state index in [-0.39, 0.29) is 11.9 Å². The van der Waals surface area contributed by atoms with Crippen molar-refractivity contribution in [3.05, 3.63) is 22.4 Å². The third-order valence-corrected chi connectivity index (χ3v) is 6.50. The van der Waals surface area contributed by atoms with Gasteiger partial charge in [-0.2, -0.15) is 0 Å². The van der Waals surface area contributed by atoms with Crippen LogP contribution in [-0.2, 0) is 16.0 Å². The second-order valence-corrected chi connectivity index (χ2v) is 8.55. The molecule has 5 heteroatoms. The maximum atomic E-state index is 12.4. The van der Waals surface area contributed by atoms with Gasteiger partial charge in [-0.25, -0.2) is 0 Å². The number of thiophene rings is 1. The van der Waals surface area contributed by atoms with Crippen molar-refractivity contribution in [1.29, 1.82) is 0 Å². The lowest BCUT2D eigenvalue weighted by atomic mass is 9.86. The topological polar surface area (TPSA) is 49.4 Å². The van der Waals surface area contributed by atoms with E-state index in [2.05, 4.69) is 5.32 Å². The quantitative estimate of drug-likeness (QED) is 0.838. The molecule has 2 fully saturated rings. The van der Waals surface area contributed by atoms with Crippen LogP contribution in [0.15, 0.2) is 17.5 Å². The second-order valence-electron chi connectivity index (χ2n) is 7.52. The Kier molecular flexibility index (Phi) is 6.91. The van der Waals surface area contributed by atoms with Gasteiger partial charge in [0.05, 0.1) is 6.42 Å². The molecule has 1 aliphatic heterocycles. The van der Waals surface area contributed by atoms with E-state index in [4.69, 9.17) is 0 Å². The first-order valence-electron chi connectivity index (χ1n) is 9.80. The number of rotatable bonds is 6. The zero-order chi connectivity index (χ0) is 17.5. The Morgan fingerprint density at radius 2 is 1.88 bits per heavy atom. The normalized spacial score (nSPS) is 19.8. The summed E-state index contributed by atoms with van der Waals surface area (Å²) >= 11 is 1.62. The molecule has 2 heterocycles. The Labute approximate surface area is 155 Å². The molecule has 4 nitrogen and oxygen atoms in total. The van der Waals surface area contributed by atoms with Gasteiger partial charge in [-0.15, -0.1) is 11.3 Å². The highest BCUT2D eigenvalue weighted by molar-refractivity contribution is 7.10. The van der Waals surface area contributed by atoms with Gasteiger partial charge < -0.3 is 10.2 Å². The molecule has 2 aliphatic rings. The molecule has 0 spiro atoms. The number of piperidine rings is 1. The predicted octanol–water partition coefficient (Wildman–Crippen LogP) is 3.76. The summed E-state index contributed by atoms with van der Waals surface area (Å²) in [7, 11) is 0. The smallest absolute Gasteiger partial charge is 0.225 e. The summed E-state index contributed by atoms with van der Waals surface area (Å²) in [5, 5.41) is 5.13. The minimum atomic E-state index is 0.101. The summed E-state index contributed by atoms with van der Waals surface area (Å²) in [5.74, 6) is 1.19. The van der Waals surface area contributed by atoms with Crippen molar-refractivity contribution in [2.75, 3.05) is 13.1 Å². The number of nitrogens with zero attached hydrogens (tertiary/aromatic N) is 1. The fraction of sp³-hybridized carbons (Fsp3) is 0.700. The lowest BCUT2D eigenvalue weighted by Crippen LogP contribution is -2.46. The minimum absolute atomic E-state index is 0.101. The maximum absolute atomic E-state index is 12.4. The molecular weight excluding hydrogens is 332 g/mol. The van der Waals surface area contributed by atoms with Crippen LogP contribution < -0.4 is 5.32 Å². The summed E-state index contributed by atoms with van der Waals surface area (Å²) in [6.07, 6.45) is 10.7. The Morgan fingerprint density at radius 1 is 1.12 bits per heavy atom. The molecule has 0 atom stereocenters. The molecule has 1 saturated heterocycles. The molecule has 1 aromatic heterocycles. The summed E-state index contributed by atoms with van der Waals surface area (Å²) in [6.45, 7) is 1.57. The molecule has 1 aliphatic carbocycles. The molecule has 0 radical (unpaired) electrons. The Morgan fingerprint density at radius 3 is 2.56 bits per heavy atom. The van der Waals surface area contributed by atoms with Crippen molar-refractivity contribution >= 4 is 23.2 Å². The van der Waals surface area contributed by atoms with Crippen LogP contribution >= 0.6 is 11.3 Å². The van der Waals surface area contributed by atoms with Crippen LogP contribution in [0, 0.1) is 5.92 Å². The molecule has 25 heavy (non-hydrogen) atoms. The van der Waals surface area contributed by atoms with Crippen LogP contribution in [0.4, 0.5) is 0 Å². The third kappa shape index (κ3) is 5.84. The molecule has 2 amide bonds. The van der Waals surface area contributed by atoms with Crippen LogP contribution in [0.5, 0.6) is 0 Å². The van der Waals surface area contributed by atoms with Crippen LogP contribution in [0.2, 0.25) is 0 Å². The summed E-state index contributed by atoms with van der Waals surface area (Å²) in [4.78, 5) is 27.6. The maximum Gasteiger partial charge on any atom is 0.225 e. The average Bonchev–Trinajstić information content (AvgIpc) is 3.14. The standard InChI is InChI=1S/C20H30N2O2S/c23-19(15-18-7-4-14-25-18)21-17-10-12-22(13-11-17)20(24)9-8-16-5-2-1-3-6-16/h4,7,14,16-17H,1-3,5-6,8-13,15H2,(H,21,23). The van der Waals surface area contributed by atoms with E-state index in [0.29, 0.717) is 18.7 Å². The van der Waals surface area contributed by atoms with Crippen LogP contribution in [0.1, 0.15) is 62.7 Å². The molecule has 0 bridgehead atoms. The van der Waals surface area contributed by atoms with Crippen LogP contribution in [0.25, 0.3) is 0 Å². The average molecular weight is 363 g/mol. The van der Waals surface area contributed by atoms with Gasteiger partial charge in [-0.3, -0.25) is 9.59 Å². The molecule has 138 valence electrons. The number of hydrogen-bond acceptors (Lipinski definition) is 3. The Bertz CT molecular complexity index is 544. The first kappa shape index (κ1) is 18.4. The lowest BCUT2D eigenvalue weighted by Gasteiger charge is -2.33. The molecular formula is C20H30N2O2S. The molecule has 0 unspecified atom stereocenters. The molecule has 1 saturated carbocycles. The molecule has 1 N–H and O–H groups in total. The van der Waals surface area contributed by atoms with Crippen molar-refractivity contribution < 1.29 is 9.59 Å². The zero-order valence-electron chi connectivity index (χ0n) is 15.0. The van der Waals surface area contributed by atoms with Crippen molar-refractivity contribution in [3.8, 4) is 0 Å².